The highest BCUT2D eigenvalue weighted by atomic mass is 16.5. The van der Waals surface area contributed by atoms with Crippen LogP contribution in [0.5, 0.6) is 11.5 Å². The van der Waals surface area contributed by atoms with E-state index in [1.807, 2.05) is 0 Å². The van der Waals surface area contributed by atoms with Gasteiger partial charge in [0.1, 0.15) is 0 Å². The summed E-state index contributed by atoms with van der Waals surface area (Å²) in [6.07, 6.45) is 2.82. The highest BCUT2D eigenvalue weighted by Gasteiger charge is 2.44. The van der Waals surface area contributed by atoms with Crippen molar-refractivity contribution in [3.63, 3.8) is 0 Å². The lowest BCUT2D eigenvalue weighted by atomic mass is 10.0. The van der Waals surface area contributed by atoms with Crippen molar-refractivity contribution in [2.45, 2.75) is 31.7 Å². The molecule has 0 radical (unpaired) electrons. The van der Waals surface area contributed by atoms with Crippen LogP contribution in [0.15, 0.2) is 42.5 Å². The van der Waals surface area contributed by atoms with Gasteiger partial charge in [0.2, 0.25) is 0 Å². The molecular formula is C19H21NO3. The number of benzene rings is 2. The van der Waals surface area contributed by atoms with Gasteiger partial charge in [-0.25, -0.2) is 0 Å². The number of nitrogens with one attached hydrogen (secondary N) is 1. The van der Waals surface area contributed by atoms with Crippen LogP contribution in [0.25, 0.3) is 0 Å². The Morgan fingerprint density at radius 3 is 2.52 bits per heavy atom. The third-order valence-corrected chi connectivity index (χ3v) is 4.34. The van der Waals surface area contributed by atoms with Gasteiger partial charge in [0.15, 0.2) is 11.5 Å². The fourth-order valence-corrected chi connectivity index (χ4v) is 2.73. The lowest BCUT2D eigenvalue weighted by Crippen LogP contribution is -2.38. The molecule has 0 spiro atoms. The number of hydrogen-bond donors (Lipinski definition) is 2. The number of phenolic OH excluding ortho intramolecular Hbond substituents is 1. The van der Waals surface area contributed by atoms with E-state index >= 15 is 0 Å². The molecule has 0 aliphatic heterocycles. The molecule has 120 valence electrons. The minimum Gasteiger partial charge on any atom is -0.504 e. The molecule has 0 unspecified atom stereocenters. The predicted molar refractivity (Wildman–Crippen MR) is 89.0 cm³/mol. The number of rotatable bonds is 5. The molecule has 4 nitrogen and oxygen atoms in total. The van der Waals surface area contributed by atoms with Crippen LogP contribution in [0.3, 0.4) is 0 Å². The Labute approximate surface area is 136 Å². The molecule has 1 saturated carbocycles. The first kappa shape index (κ1) is 15.4. The number of hydrogen-bond acceptors (Lipinski definition) is 3. The Hall–Kier alpha value is -2.49. The third kappa shape index (κ3) is 3.47. The van der Waals surface area contributed by atoms with Gasteiger partial charge in [0.05, 0.1) is 7.11 Å². The number of carbonyl (C=O) groups is 1. The number of carbonyl (C=O) groups excluding carboxylic acids is 1. The summed E-state index contributed by atoms with van der Waals surface area (Å²) >= 11 is 0. The lowest BCUT2D eigenvalue weighted by Gasteiger charge is -2.18. The molecule has 1 amide bonds. The van der Waals surface area contributed by atoms with E-state index < -0.39 is 0 Å². The first-order valence-corrected chi connectivity index (χ1v) is 7.76. The fraction of sp³-hybridized carbons (Fsp3) is 0.316. The molecule has 0 saturated heterocycles. The van der Waals surface area contributed by atoms with Crippen molar-refractivity contribution in [2.75, 3.05) is 7.11 Å². The lowest BCUT2D eigenvalue weighted by molar-refractivity contribution is 0.0931. The largest absolute Gasteiger partial charge is 0.504 e. The van der Waals surface area contributed by atoms with Gasteiger partial charge in [-0.3, -0.25) is 4.79 Å². The molecule has 4 heteroatoms. The van der Waals surface area contributed by atoms with Crippen LogP contribution in [0.4, 0.5) is 0 Å². The molecular weight excluding hydrogens is 290 g/mol. The Morgan fingerprint density at radius 1 is 1.22 bits per heavy atom. The molecule has 0 atom stereocenters. The predicted octanol–water partition coefficient (Wildman–Crippen LogP) is 3.21. The average molecular weight is 311 g/mol. The van der Waals surface area contributed by atoms with E-state index in [1.54, 1.807) is 12.1 Å². The van der Waals surface area contributed by atoms with Crippen LogP contribution < -0.4 is 10.1 Å². The minimum atomic E-state index is -0.141. The number of phenols is 1. The van der Waals surface area contributed by atoms with Crippen LogP contribution in [-0.2, 0) is 6.42 Å². The van der Waals surface area contributed by atoms with Crippen molar-refractivity contribution in [1.82, 2.24) is 5.32 Å². The van der Waals surface area contributed by atoms with Crippen molar-refractivity contribution in [2.24, 2.45) is 0 Å². The van der Waals surface area contributed by atoms with Crippen LogP contribution >= 0.6 is 0 Å². The molecule has 23 heavy (non-hydrogen) atoms. The maximum Gasteiger partial charge on any atom is 0.251 e. The Morgan fingerprint density at radius 2 is 1.91 bits per heavy atom. The maximum atomic E-state index is 12.5. The summed E-state index contributed by atoms with van der Waals surface area (Å²) < 4.78 is 5.06. The number of ether oxygens (including phenoxy) is 1. The topological polar surface area (TPSA) is 58.6 Å². The summed E-state index contributed by atoms with van der Waals surface area (Å²) in [6.45, 7) is 2.07. The van der Waals surface area contributed by atoms with E-state index in [9.17, 15) is 9.90 Å². The van der Waals surface area contributed by atoms with Gasteiger partial charge >= 0.3 is 0 Å². The SMILES string of the molecule is COc1cc(C(=O)NC2(Cc3ccc(C)cc3)CC2)ccc1O. The second-order valence-corrected chi connectivity index (χ2v) is 6.28. The molecule has 0 bridgehead atoms. The van der Waals surface area contributed by atoms with E-state index in [-0.39, 0.29) is 17.2 Å². The van der Waals surface area contributed by atoms with Crippen molar-refractivity contribution in [1.29, 1.82) is 0 Å². The van der Waals surface area contributed by atoms with Gasteiger partial charge < -0.3 is 15.2 Å². The monoisotopic (exact) mass is 311 g/mol. The van der Waals surface area contributed by atoms with Crippen LogP contribution in [0.2, 0.25) is 0 Å². The number of aromatic hydroxyl groups is 1. The normalized spacial score (nSPS) is 15.0. The van der Waals surface area contributed by atoms with Gasteiger partial charge in [0, 0.05) is 11.1 Å². The van der Waals surface area contributed by atoms with Crippen LogP contribution in [-0.4, -0.2) is 23.7 Å². The van der Waals surface area contributed by atoms with Crippen molar-refractivity contribution < 1.29 is 14.6 Å². The van der Waals surface area contributed by atoms with Crippen LogP contribution in [0.1, 0.15) is 34.3 Å². The zero-order valence-corrected chi connectivity index (χ0v) is 13.4. The Bertz CT molecular complexity index is 718. The highest BCUT2D eigenvalue weighted by Crippen LogP contribution is 2.39. The molecule has 0 heterocycles. The average Bonchev–Trinajstić information content (AvgIpc) is 3.29. The summed E-state index contributed by atoms with van der Waals surface area (Å²) in [5, 5.41) is 12.8. The second-order valence-electron chi connectivity index (χ2n) is 6.28. The quantitative estimate of drug-likeness (QED) is 0.891. The maximum absolute atomic E-state index is 12.5. The number of methoxy groups -OCH3 is 1. The van der Waals surface area contributed by atoms with Crippen molar-refractivity contribution in [3.8, 4) is 11.5 Å². The van der Waals surface area contributed by atoms with Gasteiger partial charge in [-0.15, -0.1) is 0 Å². The summed E-state index contributed by atoms with van der Waals surface area (Å²) in [5.41, 5.74) is 2.82. The van der Waals surface area contributed by atoms with Gasteiger partial charge in [0.25, 0.3) is 5.91 Å². The standard InChI is InChI=1S/C19H21NO3/c1-13-3-5-14(6-4-13)12-19(9-10-19)20-18(22)15-7-8-16(21)17(11-15)23-2/h3-8,11,21H,9-10,12H2,1-2H3,(H,20,22). The zero-order valence-electron chi connectivity index (χ0n) is 13.4. The fourth-order valence-electron chi connectivity index (χ4n) is 2.73. The first-order chi connectivity index (χ1) is 11.0. The molecule has 3 rings (SSSR count). The number of amides is 1. The molecule has 0 aromatic heterocycles. The van der Waals surface area contributed by atoms with Crippen LogP contribution in [0, 0.1) is 6.92 Å². The highest BCUT2D eigenvalue weighted by molar-refractivity contribution is 5.95. The van der Waals surface area contributed by atoms with Gasteiger partial charge in [-0.2, -0.15) is 0 Å². The summed E-state index contributed by atoms with van der Waals surface area (Å²) in [6, 6.07) is 13.1. The molecule has 1 aliphatic carbocycles. The van der Waals surface area contributed by atoms with Gasteiger partial charge in [-0.05, 0) is 49.9 Å². The van der Waals surface area contributed by atoms with E-state index in [1.165, 1.54) is 24.3 Å². The molecule has 2 aromatic carbocycles. The van der Waals surface area contributed by atoms with E-state index in [2.05, 4.69) is 36.5 Å². The second kappa shape index (κ2) is 5.95. The summed E-state index contributed by atoms with van der Waals surface area (Å²) in [7, 11) is 1.47. The van der Waals surface area contributed by atoms with E-state index in [4.69, 9.17) is 4.74 Å². The Kier molecular flexibility index (Phi) is 3.99. The molecule has 2 aromatic rings. The molecule has 1 aliphatic rings. The zero-order chi connectivity index (χ0) is 16.4. The summed E-state index contributed by atoms with van der Waals surface area (Å²) in [4.78, 5) is 12.5. The third-order valence-electron chi connectivity index (χ3n) is 4.34. The van der Waals surface area contributed by atoms with Crippen molar-refractivity contribution >= 4 is 5.91 Å². The van der Waals surface area contributed by atoms with Gasteiger partial charge in [-0.1, -0.05) is 29.8 Å². The smallest absolute Gasteiger partial charge is 0.251 e. The first-order valence-electron chi connectivity index (χ1n) is 7.76. The van der Waals surface area contributed by atoms with E-state index in [0.717, 1.165) is 19.3 Å². The minimum absolute atomic E-state index is 0.0323. The van der Waals surface area contributed by atoms with E-state index in [0.29, 0.717) is 11.3 Å². The number of aryl methyl sites for hydroxylation is 1. The molecule has 2 N–H and O–H groups in total. The Balaban J connectivity index is 1.70. The molecule has 1 fully saturated rings. The van der Waals surface area contributed by atoms with Crippen molar-refractivity contribution in [3.05, 3.63) is 59.2 Å². The summed E-state index contributed by atoms with van der Waals surface area (Å²) in [5.74, 6) is 0.207.